The first-order chi connectivity index (χ1) is 28.2. The third-order valence-corrected chi connectivity index (χ3v) is 14.5. The van der Waals surface area contributed by atoms with Crippen LogP contribution >= 0.6 is 23.8 Å². The SMILES string of the molecule is CN1C(=C/C=C2\CCC(C=CC3=[N+](C)c4ccc5cc(SOOO)ccc5c4C3(C)C)=C2Sc2nc3ccccc3o2)C(C)(C)c2c1ccc1cc(S(=O)(=O)O)ccc21. The van der Waals surface area contributed by atoms with E-state index in [9.17, 15) is 13.0 Å². The molecule has 0 radical (unpaired) electrons. The lowest BCUT2D eigenvalue weighted by Crippen LogP contribution is -2.26. The molecule has 3 heterocycles. The Morgan fingerprint density at radius 2 is 1.63 bits per heavy atom. The van der Waals surface area contributed by atoms with Gasteiger partial charge in [-0.1, -0.05) is 61.4 Å². The largest absolute Gasteiger partial charge is 0.431 e. The summed E-state index contributed by atoms with van der Waals surface area (Å²) in [5, 5.41) is 17.0. The lowest BCUT2D eigenvalue weighted by atomic mass is 9.79. The second kappa shape index (κ2) is 14.6. The van der Waals surface area contributed by atoms with E-state index in [2.05, 4.69) is 103 Å². The van der Waals surface area contributed by atoms with Crippen LogP contribution in [0.15, 0.2) is 150 Å². The Labute approximate surface area is 351 Å². The number of anilines is 1. The van der Waals surface area contributed by atoms with E-state index in [1.165, 1.54) is 34.6 Å². The molecule has 3 aliphatic rings. The third-order valence-electron chi connectivity index (χ3n) is 12.0. The standard InChI is InChI=1S/C46H41N3O7S3/c1-45(2)39(48(5)36-21-13-29-25-31(58-56-55-50)17-19-33(29)41(36)45)23-15-27-11-12-28(43(27)57-44-47-35-9-7-8-10-38(35)54-44)16-24-40-46(3,4)42-34-20-18-32(59(51,52)53)26-30(34)14-22-37(42)49(40)6/h7-10,13-26H,11-12H2,1-6H3,(H-,50,51,52,53)/p+1. The van der Waals surface area contributed by atoms with Crippen molar-refractivity contribution in [1.82, 2.24) is 4.98 Å². The fourth-order valence-corrected chi connectivity index (χ4v) is 11.2. The van der Waals surface area contributed by atoms with Crippen molar-refractivity contribution >= 4 is 83.7 Å². The second-order valence-corrected chi connectivity index (χ2v) is 19.3. The molecule has 0 saturated heterocycles. The minimum Gasteiger partial charge on any atom is -0.431 e. The number of nitrogens with zero attached hydrogens (tertiary/aromatic N) is 3. The van der Waals surface area contributed by atoms with Crippen molar-refractivity contribution in [3.8, 4) is 0 Å². The molecule has 0 atom stereocenters. The monoisotopic (exact) mass is 844 g/mol. The molecule has 5 aromatic carbocycles. The Morgan fingerprint density at radius 1 is 0.881 bits per heavy atom. The molecule has 59 heavy (non-hydrogen) atoms. The Kier molecular flexibility index (Phi) is 9.79. The minimum absolute atomic E-state index is 0.119. The fourth-order valence-electron chi connectivity index (χ4n) is 9.22. The smallest absolute Gasteiger partial charge is 0.294 e. The maximum absolute atomic E-state index is 11.9. The molecule has 0 fully saturated rings. The summed E-state index contributed by atoms with van der Waals surface area (Å²) in [6, 6.07) is 26.9. The van der Waals surface area contributed by atoms with Crippen LogP contribution in [-0.2, 0) is 30.3 Å². The van der Waals surface area contributed by atoms with Gasteiger partial charge in [0.15, 0.2) is 11.3 Å². The van der Waals surface area contributed by atoms with E-state index >= 15 is 0 Å². The van der Waals surface area contributed by atoms with Gasteiger partial charge in [0.25, 0.3) is 15.3 Å². The van der Waals surface area contributed by atoms with Crippen LogP contribution < -0.4 is 4.90 Å². The quantitative estimate of drug-likeness (QED) is 0.0475. The van der Waals surface area contributed by atoms with E-state index < -0.39 is 15.5 Å². The maximum atomic E-state index is 11.9. The molecule has 1 aromatic heterocycles. The van der Waals surface area contributed by atoms with Crippen LogP contribution in [0.3, 0.4) is 0 Å². The summed E-state index contributed by atoms with van der Waals surface area (Å²) in [4.78, 5) is 8.86. The molecule has 0 spiro atoms. The molecule has 10 nitrogen and oxygen atoms in total. The van der Waals surface area contributed by atoms with Gasteiger partial charge in [0.1, 0.15) is 12.6 Å². The molecule has 9 rings (SSSR count). The van der Waals surface area contributed by atoms with Gasteiger partial charge >= 0.3 is 0 Å². The number of aromatic nitrogens is 1. The second-order valence-electron chi connectivity index (χ2n) is 16.1. The van der Waals surface area contributed by atoms with Gasteiger partial charge in [-0.25, -0.2) is 10.2 Å². The number of oxazole rings is 1. The first-order valence-corrected chi connectivity index (χ1v) is 22.1. The van der Waals surface area contributed by atoms with Gasteiger partial charge in [-0.15, -0.1) is 4.33 Å². The normalized spacial score (nSPS) is 18.9. The number of thioether (sulfide) groups is 1. The summed E-state index contributed by atoms with van der Waals surface area (Å²) in [7, 11) is -0.135. The van der Waals surface area contributed by atoms with E-state index in [4.69, 9.17) is 14.7 Å². The first-order valence-electron chi connectivity index (χ1n) is 19.1. The molecule has 0 bridgehead atoms. The number of benzene rings is 5. The summed E-state index contributed by atoms with van der Waals surface area (Å²) >= 11 is 2.51. The Bertz CT molecular complexity index is 3000. The molecule has 0 amide bonds. The molecule has 6 aromatic rings. The van der Waals surface area contributed by atoms with Gasteiger partial charge < -0.3 is 9.32 Å². The average molecular weight is 845 g/mol. The van der Waals surface area contributed by atoms with Crippen molar-refractivity contribution < 1.29 is 36.6 Å². The lowest BCUT2D eigenvalue weighted by molar-refractivity contribution is -0.432. The van der Waals surface area contributed by atoms with Gasteiger partial charge in [-0.05, 0) is 131 Å². The minimum atomic E-state index is -4.33. The Balaban J connectivity index is 1.09. The van der Waals surface area contributed by atoms with Gasteiger partial charge in [-0.3, -0.25) is 4.55 Å². The van der Waals surface area contributed by atoms with Gasteiger partial charge in [0, 0.05) is 51.4 Å². The predicted octanol–water partition coefficient (Wildman–Crippen LogP) is 11.4. The fraction of sp³-hybridized carbons (Fsp3) is 0.217. The summed E-state index contributed by atoms with van der Waals surface area (Å²) < 4.78 is 46.8. The highest BCUT2D eigenvalue weighted by atomic mass is 32.2. The van der Waals surface area contributed by atoms with Gasteiger partial charge in [0.2, 0.25) is 5.69 Å². The van der Waals surface area contributed by atoms with Crippen molar-refractivity contribution in [3.05, 3.63) is 142 Å². The molecule has 0 unspecified atom stereocenters. The molecular weight excluding hydrogens is 803 g/mol. The summed E-state index contributed by atoms with van der Waals surface area (Å²) in [5.41, 5.74) is 10.1. The van der Waals surface area contributed by atoms with Crippen molar-refractivity contribution in [3.63, 3.8) is 0 Å². The van der Waals surface area contributed by atoms with Crippen molar-refractivity contribution in [2.45, 2.75) is 66.4 Å². The number of rotatable bonds is 9. The van der Waals surface area contributed by atoms with Crippen molar-refractivity contribution in [2.75, 3.05) is 19.0 Å². The van der Waals surface area contributed by atoms with Crippen LogP contribution in [0.25, 0.3) is 32.6 Å². The van der Waals surface area contributed by atoms with E-state index in [1.54, 1.807) is 17.8 Å². The third kappa shape index (κ3) is 6.74. The molecule has 1 aliphatic carbocycles. The summed E-state index contributed by atoms with van der Waals surface area (Å²) in [5.74, 6) is 0. The highest BCUT2D eigenvalue weighted by Gasteiger charge is 2.44. The van der Waals surface area contributed by atoms with Gasteiger partial charge in [-0.2, -0.15) is 13.0 Å². The number of allylic oxidation sites excluding steroid dienone is 7. The average Bonchev–Trinajstić information content (AvgIpc) is 3.90. The highest BCUT2D eigenvalue weighted by molar-refractivity contribution is 8.03. The van der Waals surface area contributed by atoms with Crippen LogP contribution in [0.4, 0.5) is 11.4 Å². The zero-order valence-electron chi connectivity index (χ0n) is 33.3. The van der Waals surface area contributed by atoms with E-state index in [0.717, 1.165) is 90.0 Å². The number of hydrogen-bond donors (Lipinski definition) is 2. The molecular formula is C46H42N3O7S3+. The van der Waals surface area contributed by atoms with Crippen molar-refractivity contribution in [1.29, 1.82) is 0 Å². The summed E-state index contributed by atoms with van der Waals surface area (Å²) in [6.07, 6.45) is 10.7. The summed E-state index contributed by atoms with van der Waals surface area (Å²) in [6.45, 7) is 8.92. The molecule has 13 heteroatoms. The zero-order valence-corrected chi connectivity index (χ0v) is 35.8. The first kappa shape index (κ1) is 39.5. The molecule has 2 N–H and O–H groups in total. The Morgan fingerprint density at radius 3 is 2.41 bits per heavy atom. The number of hydrogen-bond acceptors (Lipinski definition) is 10. The molecule has 300 valence electrons. The maximum Gasteiger partial charge on any atom is 0.294 e. The van der Waals surface area contributed by atoms with E-state index in [-0.39, 0.29) is 10.3 Å². The van der Waals surface area contributed by atoms with Crippen LogP contribution in [-0.4, -0.2) is 47.6 Å². The highest BCUT2D eigenvalue weighted by Crippen LogP contribution is 2.51. The molecule has 0 saturated carbocycles. The van der Waals surface area contributed by atoms with Gasteiger partial charge in [0.05, 0.1) is 22.4 Å². The van der Waals surface area contributed by atoms with Crippen LogP contribution in [0.5, 0.6) is 0 Å². The topological polar surface area (TPSA) is 125 Å². The number of para-hydroxylation sites is 2. The lowest BCUT2D eigenvalue weighted by Gasteiger charge is -2.24. The zero-order chi connectivity index (χ0) is 41.4. The van der Waals surface area contributed by atoms with Crippen LogP contribution in [0.1, 0.15) is 51.7 Å². The van der Waals surface area contributed by atoms with E-state index in [0.29, 0.717) is 5.22 Å². The Hall–Kier alpha value is -4.99. The van der Waals surface area contributed by atoms with Crippen LogP contribution in [0, 0.1) is 0 Å². The van der Waals surface area contributed by atoms with Crippen LogP contribution in [0.2, 0.25) is 0 Å². The van der Waals surface area contributed by atoms with E-state index in [1.807, 2.05) is 48.5 Å². The predicted molar refractivity (Wildman–Crippen MR) is 235 cm³/mol. The number of likely N-dealkylation sites (N-methyl/N-ethyl adjacent to an activating group) is 1. The number of fused-ring (bicyclic) bond motifs is 7. The van der Waals surface area contributed by atoms with Crippen molar-refractivity contribution in [2.24, 2.45) is 0 Å². The molecule has 2 aliphatic heterocycles.